The lowest BCUT2D eigenvalue weighted by Gasteiger charge is -2.21. The molecule has 0 atom stereocenters. The van der Waals surface area contributed by atoms with E-state index in [1.54, 1.807) is 49.6 Å². The monoisotopic (exact) mass is 530 g/mol. The number of rotatable bonds is 9. The zero-order valence-corrected chi connectivity index (χ0v) is 21.2. The van der Waals surface area contributed by atoms with Crippen molar-refractivity contribution in [3.8, 4) is 17.3 Å². The Morgan fingerprint density at radius 3 is 2.49 bits per heavy atom. The number of fused-ring (bicyclic) bond motifs is 1. The van der Waals surface area contributed by atoms with Gasteiger partial charge in [0.05, 0.1) is 24.4 Å². The number of para-hydroxylation sites is 1. The van der Waals surface area contributed by atoms with Crippen molar-refractivity contribution in [3.05, 3.63) is 90.4 Å². The lowest BCUT2D eigenvalue weighted by atomic mass is 10.1. The molecule has 0 unspecified atom stereocenters. The first-order valence-electron chi connectivity index (χ1n) is 12.1. The molecular weight excluding hydrogens is 506 g/mol. The minimum atomic E-state index is -0.734. The largest absolute Gasteiger partial charge is 0.494 e. The van der Waals surface area contributed by atoms with Crippen LogP contribution in [0, 0.1) is 11.6 Å². The van der Waals surface area contributed by atoms with Gasteiger partial charge in [-0.25, -0.2) is 18.7 Å². The number of hydrogen-bond donors (Lipinski definition) is 0. The highest BCUT2D eigenvalue weighted by atomic mass is 19.1. The maximum absolute atomic E-state index is 14.9. The highest BCUT2D eigenvalue weighted by molar-refractivity contribution is 6.00. The van der Waals surface area contributed by atoms with Crippen LogP contribution < -0.4 is 9.64 Å². The summed E-state index contributed by atoms with van der Waals surface area (Å²) in [5.74, 6) is -1.15. The lowest BCUT2D eigenvalue weighted by molar-refractivity contribution is -0.121. The van der Waals surface area contributed by atoms with E-state index < -0.39 is 11.6 Å². The second-order valence-corrected chi connectivity index (χ2v) is 8.43. The molecule has 198 valence electrons. The molecule has 3 aromatic heterocycles. The third-order valence-electron chi connectivity index (χ3n) is 5.91. The van der Waals surface area contributed by atoms with Crippen LogP contribution >= 0.6 is 0 Å². The SMILES string of the molecule is CCOc1cc(F)c(Cn2nc(-c3nccc(N(C(=O)COC)c4ccncc4)n3)c3ccccc32)c(F)c1. The molecule has 5 rings (SSSR count). The number of halogens is 2. The van der Waals surface area contributed by atoms with Gasteiger partial charge in [0.15, 0.2) is 5.82 Å². The number of ether oxygens (including phenoxy) is 2. The highest BCUT2D eigenvalue weighted by Gasteiger charge is 2.22. The molecule has 11 heteroatoms. The third-order valence-corrected chi connectivity index (χ3v) is 5.91. The van der Waals surface area contributed by atoms with Gasteiger partial charge in [0.1, 0.15) is 35.5 Å². The summed E-state index contributed by atoms with van der Waals surface area (Å²) in [6, 6.07) is 14.5. The fraction of sp³-hybridized carbons (Fsp3) is 0.179. The van der Waals surface area contributed by atoms with Crippen molar-refractivity contribution in [3.63, 3.8) is 0 Å². The standard InChI is InChI=1S/C28H24F2N6O3/c1-3-39-19-14-22(29)21(23(30)15-19)16-35-24-7-5-4-6-20(24)27(34-35)28-32-13-10-25(33-28)36(26(37)17-38-2)18-8-11-31-12-9-18/h4-15H,3,16-17H2,1-2H3. The van der Waals surface area contributed by atoms with E-state index in [1.165, 1.54) is 22.9 Å². The molecule has 0 aliphatic carbocycles. The van der Waals surface area contributed by atoms with Crippen LogP contribution in [0.5, 0.6) is 5.75 Å². The fourth-order valence-electron chi connectivity index (χ4n) is 4.22. The molecule has 9 nitrogen and oxygen atoms in total. The summed E-state index contributed by atoms with van der Waals surface area (Å²) in [5, 5.41) is 5.32. The molecule has 0 aliphatic rings. The third kappa shape index (κ3) is 5.30. The van der Waals surface area contributed by atoms with Gasteiger partial charge in [-0.2, -0.15) is 5.10 Å². The van der Waals surface area contributed by atoms with Gasteiger partial charge in [0.25, 0.3) is 5.91 Å². The molecule has 39 heavy (non-hydrogen) atoms. The Morgan fingerprint density at radius 1 is 1.03 bits per heavy atom. The number of carbonyl (C=O) groups excluding carboxylic acids is 1. The van der Waals surface area contributed by atoms with Crippen LogP contribution in [0.25, 0.3) is 22.4 Å². The normalized spacial score (nSPS) is 11.1. The van der Waals surface area contributed by atoms with Crippen LogP contribution in [0.3, 0.4) is 0 Å². The van der Waals surface area contributed by atoms with E-state index in [0.717, 1.165) is 12.1 Å². The van der Waals surface area contributed by atoms with Gasteiger partial charge < -0.3 is 9.47 Å². The van der Waals surface area contributed by atoms with Crippen molar-refractivity contribution < 1.29 is 23.0 Å². The van der Waals surface area contributed by atoms with Gasteiger partial charge in [0.2, 0.25) is 0 Å². The molecule has 0 spiro atoms. The van der Waals surface area contributed by atoms with Crippen molar-refractivity contribution in [1.29, 1.82) is 0 Å². The summed E-state index contributed by atoms with van der Waals surface area (Å²) in [4.78, 5) is 27.4. The van der Waals surface area contributed by atoms with Crippen molar-refractivity contribution in [2.45, 2.75) is 13.5 Å². The Bertz CT molecular complexity index is 1600. The first-order chi connectivity index (χ1) is 19.0. The molecule has 0 bridgehead atoms. The predicted octanol–water partition coefficient (Wildman–Crippen LogP) is 4.92. The molecule has 0 fully saturated rings. The summed E-state index contributed by atoms with van der Waals surface area (Å²) in [5.41, 5.74) is 1.43. The van der Waals surface area contributed by atoms with Crippen molar-refractivity contribution >= 4 is 28.3 Å². The van der Waals surface area contributed by atoms with E-state index in [1.807, 2.05) is 12.1 Å². The van der Waals surface area contributed by atoms with Crippen LogP contribution in [0.1, 0.15) is 12.5 Å². The lowest BCUT2D eigenvalue weighted by Crippen LogP contribution is -2.30. The Balaban J connectivity index is 1.57. The summed E-state index contributed by atoms with van der Waals surface area (Å²) >= 11 is 0. The summed E-state index contributed by atoms with van der Waals surface area (Å²) < 4.78 is 41.5. The summed E-state index contributed by atoms with van der Waals surface area (Å²) in [6.45, 7) is 1.69. The van der Waals surface area contributed by atoms with Crippen LogP contribution in [-0.4, -0.2) is 51.0 Å². The van der Waals surface area contributed by atoms with Gasteiger partial charge in [-0.15, -0.1) is 0 Å². The number of amides is 1. The van der Waals surface area contributed by atoms with E-state index in [0.29, 0.717) is 34.7 Å². The average Bonchev–Trinajstić information content (AvgIpc) is 3.30. The number of hydrogen-bond acceptors (Lipinski definition) is 7. The maximum Gasteiger partial charge on any atom is 0.258 e. The Morgan fingerprint density at radius 2 is 1.77 bits per heavy atom. The first kappa shape index (κ1) is 25.9. The molecule has 0 saturated heterocycles. The van der Waals surface area contributed by atoms with Crippen molar-refractivity contribution in [1.82, 2.24) is 24.7 Å². The zero-order valence-electron chi connectivity index (χ0n) is 21.2. The molecule has 0 aliphatic heterocycles. The van der Waals surface area contributed by atoms with E-state index in [-0.39, 0.29) is 36.2 Å². The fourth-order valence-corrected chi connectivity index (χ4v) is 4.22. The second-order valence-electron chi connectivity index (χ2n) is 8.43. The van der Waals surface area contributed by atoms with Crippen LogP contribution in [0.2, 0.25) is 0 Å². The number of nitrogens with zero attached hydrogens (tertiary/aromatic N) is 6. The molecule has 1 amide bonds. The summed E-state index contributed by atoms with van der Waals surface area (Å²) in [7, 11) is 1.43. The van der Waals surface area contributed by atoms with E-state index in [4.69, 9.17) is 9.47 Å². The Hall–Kier alpha value is -4.77. The molecule has 3 heterocycles. The average molecular weight is 531 g/mol. The maximum atomic E-state index is 14.9. The molecular formula is C28H24F2N6O3. The molecule has 2 aromatic carbocycles. The number of aromatic nitrogens is 5. The number of anilines is 2. The van der Waals surface area contributed by atoms with E-state index in [9.17, 15) is 13.6 Å². The van der Waals surface area contributed by atoms with Crippen LogP contribution in [0.15, 0.2) is 73.2 Å². The van der Waals surface area contributed by atoms with Crippen molar-refractivity contribution in [2.24, 2.45) is 0 Å². The molecule has 0 radical (unpaired) electrons. The Labute approximate surface area is 222 Å². The minimum Gasteiger partial charge on any atom is -0.494 e. The van der Waals surface area contributed by atoms with Gasteiger partial charge in [-0.3, -0.25) is 19.4 Å². The molecule has 0 N–H and O–H groups in total. The van der Waals surface area contributed by atoms with Gasteiger partial charge in [-0.1, -0.05) is 18.2 Å². The second kappa shape index (κ2) is 11.3. The van der Waals surface area contributed by atoms with E-state index in [2.05, 4.69) is 20.1 Å². The minimum absolute atomic E-state index is 0.120. The number of methoxy groups -OCH3 is 1. The van der Waals surface area contributed by atoms with Crippen LogP contribution in [0.4, 0.5) is 20.3 Å². The van der Waals surface area contributed by atoms with Crippen molar-refractivity contribution in [2.75, 3.05) is 25.2 Å². The Kier molecular flexibility index (Phi) is 7.50. The number of carbonyl (C=O) groups is 1. The quantitative estimate of drug-likeness (QED) is 0.267. The van der Waals surface area contributed by atoms with Gasteiger partial charge >= 0.3 is 0 Å². The number of benzene rings is 2. The van der Waals surface area contributed by atoms with Gasteiger partial charge in [0, 0.05) is 48.8 Å². The van der Waals surface area contributed by atoms with E-state index >= 15 is 0 Å². The van der Waals surface area contributed by atoms with Gasteiger partial charge in [-0.05, 0) is 31.2 Å². The zero-order chi connectivity index (χ0) is 27.4. The summed E-state index contributed by atoms with van der Waals surface area (Å²) in [6.07, 6.45) is 4.66. The molecule has 0 saturated carbocycles. The highest BCUT2D eigenvalue weighted by Crippen LogP contribution is 2.30. The topological polar surface area (TPSA) is 95.3 Å². The van der Waals surface area contributed by atoms with Crippen LogP contribution in [-0.2, 0) is 16.1 Å². The number of pyridine rings is 1. The smallest absolute Gasteiger partial charge is 0.258 e. The first-order valence-corrected chi connectivity index (χ1v) is 12.1. The predicted molar refractivity (Wildman–Crippen MR) is 141 cm³/mol. The molecule has 5 aromatic rings.